The smallest absolute Gasteiger partial charge is 0.261 e. The van der Waals surface area contributed by atoms with Crippen molar-refractivity contribution in [1.29, 1.82) is 0 Å². The molecule has 70 valence electrons. The molecule has 0 aliphatic carbocycles. The number of nitrogens with two attached hydrogens (primary N) is 1. The highest BCUT2D eigenvalue weighted by atomic mass is 27.2. The average molecular weight is 183 g/mol. The Morgan fingerprint density at radius 1 is 1.17 bits per heavy atom. The molecule has 0 saturated carbocycles. The summed E-state index contributed by atoms with van der Waals surface area (Å²) in [5, 5.41) is 4.68. The van der Waals surface area contributed by atoms with E-state index >= 15 is 0 Å². The van der Waals surface area contributed by atoms with Gasteiger partial charge in [0.25, 0.3) is 14.1 Å². The summed E-state index contributed by atoms with van der Waals surface area (Å²) in [6.45, 7) is 4.31. The van der Waals surface area contributed by atoms with Gasteiger partial charge in [0.05, 0.1) is 0 Å². The van der Waals surface area contributed by atoms with E-state index in [1.54, 1.807) is 10.6 Å². The maximum Gasteiger partial charge on any atom is 0.261 e. The minimum absolute atomic E-state index is 0.0877. The molecule has 1 heterocycles. The predicted molar refractivity (Wildman–Crippen MR) is 56.9 cm³/mol. The minimum Gasteiger partial charge on any atom is -0.326 e. The zero-order valence-corrected chi connectivity index (χ0v) is 9.76. The molecule has 0 unspecified atom stereocenters. The van der Waals surface area contributed by atoms with E-state index in [0.717, 1.165) is 0 Å². The summed E-state index contributed by atoms with van der Waals surface area (Å²) in [6.07, 6.45) is 5.78. The first-order valence-corrected chi connectivity index (χ1v) is 7.82. The fraction of sp³-hybridized carbons (Fsp3) is 1.00. The summed E-state index contributed by atoms with van der Waals surface area (Å²) in [5.41, 5.74) is 6.06. The Morgan fingerprint density at radius 2 is 1.75 bits per heavy atom. The molecule has 1 saturated heterocycles. The summed E-state index contributed by atoms with van der Waals surface area (Å²) in [7, 11) is 0. The van der Waals surface area contributed by atoms with Crippen LogP contribution in [-0.2, 0) is 0 Å². The number of hydrogen-bond donors (Lipinski definition) is 1. The molecule has 1 aliphatic rings. The summed E-state index contributed by atoms with van der Waals surface area (Å²) in [5.74, 6) is 0. The van der Waals surface area contributed by atoms with Crippen LogP contribution in [0.15, 0.2) is 0 Å². The normalized spacial score (nSPS) is 19.8. The summed E-state index contributed by atoms with van der Waals surface area (Å²) >= 11 is -0.306. The van der Waals surface area contributed by atoms with E-state index in [2.05, 4.69) is 13.8 Å². The van der Waals surface area contributed by atoms with Gasteiger partial charge >= 0.3 is 0 Å². The van der Waals surface area contributed by atoms with Gasteiger partial charge in [0.2, 0.25) is 0 Å². The number of hydrogen-bond acceptors (Lipinski definition) is 1. The van der Waals surface area contributed by atoms with Crippen LogP contribution in [0.2, 0.25) is 15.8 Å². The third-order valence-electron chi connectivity index (χ3n) is 2.92. The zero-order chi connectivity index (χ0) is 9.03. The monoisotopic (exact) mass is 183 g/mol. The molecule has 12 heavy (non-hydrogen) atoms. The molecule has 0 aromatic rings. The van der Waals surface area contributed by atoms with Crippen LogP contribution >= 0.6 is 0 Å². The van der Waals surface area contributed by atoms with E-state index in [9.17, 15) is 0 Å². The third kappa shape index (κ3) is 4.50. The van der Waals surface area contributed by atoms with Crippen LogP contribution < -0.4 is 5.73 Å². The fourth-order valence-electron chi connectivity index (χ4n) is 2.05. The summed E-state index contributed by atoms with van der Waals surface area (Å²) in [4.78, 5) is 0. The Labute approximate surface area is 81.1 Å². The van der Waals surface area contributed by atoms with Crippen LogP contribution in [0, 0.1) is 0 Å². The van der Waals surface area contributed by atoms with E-state index in [1.807, 2.05) is 0 Å². The second kappa shape index (κ2) is 4.65. The van der Waals surface area contributed by atoms with Crippen molar-refractivity contribution >= 4 is 14.1 Å². The fourth-order valence-corrected chi connectivity index (χ4v) is 5.80. The lowest BCUT2D eigenvalue weighted by atomic mass is 10.0. The van der Waals surface area contributed by atoms with Crippen LogP contribution in [0.4, 0.5) is 0 Å². The molecule has 1 aliphatic heterocycles. The quantitative estimate of drug-likeness (QED) is 0.669. The van der Waals surface area contributed by atoms with Gasteiger partial charge in [-0.25, -0.2) is 0 Å². The Bertz CT molecular complexity index is 122. The molecule has 0 spiro atoms. The van der Waals surface area contributed by atoms with Crippen molar-refractivity contribution in [3.05, 3.63) is 0 Å². The molecule has 0 bridgehead atoms. The molecule has 0 atom stereocenters. The Morgan fingerprint density at radius 3 is 2.25 bits per heavy atom. The van der Waals surface area contributed by atoms with Crippen LogP contribution in [-0.4, -0.2) is 19.7 Å². The van der Waals surface area contributed by atoms with Crippen LogP contribution in [0.5, 0.6) is 0 Å². The Kier molecular flexibility index (Phi) is 4.10. The summed E-state index contributed by atoms with van der Waals surface area (Å²) in [6, 6.07) is 0. The van der Waals surface area contributed by atoms with Crippen molar-refractivity contribution in [2.24, 2.45) is 5.73 Å². The largest absolute Gasteiger partial charge is 0.326 e. The second-order valence-corrected chi connectivity index (χ2v) is 8.50. The van der Waals surface area contributed by atoms with E-state index in [1.165, 1.54) is 31.0 Å². The van der Waals surface area contributed by atoms with Crippen LogP contribution in [0.3, 0.4) is 0 Å². The Hall–Kier alpha value is 0.492. The first-order valence-electron chi connectivity index (χ1n) is 5.37. The highest BCUT2D eigenvalue weighted by Gasteiger charge is 2.22. The van der Waals surface area contributed by atoms with Gasteiger partial charge in [0.15, 0.2) is 0 Å². The number of rotatable bonds is 3. The zero-order valence-electron chi connectivity index (χ0n) is 8.60. The van der Waals surface area contributed by atoms with Crippen molar-refractivity contribution < 1.29 is 0 Å². The van der Waals surface area contributed by atoms with Crippen molar-refractivity contribution in [2.45, 2.75) is 60.9 Å². The molecule has 2 N–H and O–H groups in total. The van der Waals surface area contributed by atoms with Gasteiger partial charge in [-0.1, -0.05) is 35.1 Å². The van der Waals surface area contributed by atoms with Crippen molar-refractivity contribution in [2.75, 3.05) is 0 Å². The maximum absolute atomic E-state index is 5.97. The van der Waals surface area contributed by atoms with E-state index in [4.69, 9.17) is 5.73 Å². The van der Waals surface area contributed by atoms with Gasteiger partial charge in [-0.2, -0.15) is 0 Å². The van der Waals surface area contributed by atoms with Gasteiger partial charge in [-0.05, 0) is 20.3 Å². The first-order chi connectivity index (χ1) is 5.58. The highest BCUT2D eigenvalue weighted by Crippen LogP contribution is 2.24. The standard InChI is InChI=1S/C5H12N.C5H10.Al/c1-4-5(2,3)6;1-3-5-4-2;/h1,4,6H2,2-3H3;1-5H2;. The van der Waals surface area contributed by atoms with Gasteiger partial charge in [0.1, 0.15) is 0 Å². The molecule has 1 nitrogen and oxygen atoms in total. The van der Waals surface area contributed by atoms with E-state index < -0.39 is 0 Å². The second-order valence-electron chi connectivity index (χ2n) is 5.03. The van der Waals surface area contributed by atoms with Crippen LogP contribution in [0.25, 0.3) is 0 Å². The topological polar surface area (TPSA) is 26.0 Å². The maximum atomic E-state index is 5.97. The molecule has 0 aromatic carbocycles. The van der Waals surface area contributed by atoms with Gasteiger partial charge < -0.3 is 5.73 Å². The SMILES string of the molecule is CC(C)(N)C[CH2][Al]1[CH2]CCC[CH2]1. The van der Waals surface area contributed by atoms with Crippen LogP contribution in [0.1, 0.15) is 39.5 Å². The van der Waals surface area contributed by atoms with Gasteiger partial charge in [0, 0.05) is 5.54 Å². The lowest BCUT2D eigenvalue weighted by Gasteiger charge is -2.22. The summed E-state index contributed by atoms with van der Waals surface area (Å²) < 4.78 is 0. The van der Waals surface area contributed by atoms with Crippen molar-refractivity contribution in [1.82, 2.24) is 0 Å². The predicted octanol–water partition coefficient (Wildman–Crippen LogP) is 2.79. The highest BCUT2D eigenvalue weighted by molar-refractivity contribution is 6.58. The van der Waals surface area contributed by atoms with E-state index in [-0.39, 0.29) is 19.7 Å². The molecule has 1 rings (SSSR count). The molecular weight excluding hydrogens is 161 g/mol. The average Bonchev–Trinajstić information content (AvgIpc) is 2.02. The van der Waals surface area contributed by atoms with Crippen molar-refractivity contribution in [3.63, 3.8) is 0 Å². The molecule has 1 fully saturated rings. The molecule has 2 heteroatoms. The molecule has 0 amide bonds. The lowest BCUT2D eigenvalue weighted by molar-refractivity contribution is 0.497. The molecular formula is C10H22AlN. The minimum atomic E-state index is -0.306. The van der Waals surface area contributed by atoms with Gasteiger partial charge in [-0.15, -0.1) is 0 Å². The van der Waals surface area contributed by atoms with Gasteiger partial charge in [-0.3, -0.25) is 0 Å². The molecule has 0 aromatic heterocycles. The lowest BCUT2D eigenvalue weighted by Crippen LogP contribution is -2.33. The van der Waals surface area contributed by atoms with Crippen molar-refractivity contribution in [3.8, 4) is 0 Å². The third-order valence-corrected chi connectivity index (χ3v) is 6.48. The van der Waals surface area contributed by atoms with E-state index in [0.29, 0.717) is 0 Å². The molecule has 0 radical (unpaired) electrons. The first kappa shape index (κ1) is 10.6. The Balaban J connectivity index is 2.13.